The molecular weight excluding hydrogens is 312 g/mol. The summed E-state index contributed by atoms with van der Waals surface area (Å²) in [6, 6.07) is 5.16. The summed E-state index contributed by atoms with van der Waals surface area (Å²) in [5, 5.41) is 0. The fourth-order valence-corrected chi connectivity index (χ4v) is 3.80. The number of hydrogen-bond donors (Lipinski definition) is 0. The van der Waals surface area contributed by atoms with Crippen molar-refractivity contribution in [3.05, 3.63) is 29.3 Å². The molecule has 0 saturated heterocycles. The van der Waals surface area contributed by atoms with Crippen LogP contribution in [0.15, 0.2) is 23.1 Å². The second-order valence-corrected chi connectivity index (χ2v) is 8.61. The first-order chi connectivity index (χ1) is 10.8. The van der Waals surface area contributed by atoms with Gasteiger partial charge in [-0.1, -0.05) is 32.8 Å². The van der Waals surface area contributed by atoms with E-state index < -0.39 is 10.0 Å². The molecular formula is C17H26N2O3S. The van der Waals surface area contributed by atoms with Gasteiger partial charge in [0, 0.05) is 33.1 Å². The number of unbranched alkanes of at least 4 members (excludes halogenated alkanes) is 1. The molecule has 6 heteroatoms. The number of carbonyl (C=O) groups excluding carboxylic acids is 1. The summed E-state index contributed by atoms with van der Waals surface area (Å²) in [5.74, 6) is 0.181. The van der Waals surface area contributed by atoms with Crippen LogP contribution < -0.4 is 0 Å². The van der Waals surface area contributed by atoms with E-state index in [-0.39, 0.29) is 16.7 Å². The van der Waals surface area contributed by atoms with E-state index in [0.29, 0.717) is 13.1 Å². The molecule has 23 heavy (non-hydrogen) atoms. The van der Waals surface area contributed by atoms with Crippen LogP contribution in [0, 0.1) is 5.92 Å². The van der Waals surface area contributed by atoms with Crippen LogP contribution in [-0.4, -0.2) is 37.6 Å². The molecule has 0 N–H and O–H groups in total. The third kappa shape index (κ3) is 3.75. The molecule has 0 aromatic heterocycles. The fourth-order valence-electron chi connectivity index (χ4n) is 2.84. The minimum Gasteiger partial charge on any atom is -0.334 e. The molecule has 0 aliphatic carbocycles. The summed E-state index contributed by atoms with van der Waals surface area (Å²) < 4.78 is 25.6. The Morgan fingerprint density at radius 2 is 1.91 bits per heavy atom. The average molecular weight is 338 g/mol. The molecule has 1 heterocycles. The van der Waals surface area contributed by atoms with Crippen LogP contribution in [-0.2, 0) is 27.9 Å². The van der Waals surface area contributed by atoms with Crippen LogP contribution in [0.1, 0.15) is 44.2 Å². The van der Waals surface area contributed by atoms with Crippen LogP contribution in [0.25, 0.3) is 0 Å². The molecule has 5 nitrogen and oxygen atoms in total. The van der Waals surface area contributed by atoms with Crippen molar-refractivity contribution in [2.24, 2.45) is 5.92 Å². The van der Waals surface area contributed by atoms with Gasteiger partial charge in [-0.15, -0.1) is 0 Å². The average Bonchev–Trinajstić information content (AvgIpc) is 2.94. The van der Waals surface area contributed by atoms with Gasteiger partial charge in [-0.3, -0.25) is 4.79 Å². The molecule has 128 valence electrons. The topological polar surface area (TPSA) is 57.7 Å². The van der Waals surface area contributed by atoms with Crippen molar-refractivity contribution in [1.29, 1.82) is 0 Å². The smallest absolute Gasteiger partial charge is 0.242 e. The van der Waals surface area contributed by atoms with Crippen molar-refractivity contribution in [3.8, 4) is 0 Å². The molecule has 1 aromatic rings. The van der Waals surface area contributed by atoms with Crippen LogP contribution in [0.3, 0.4) is 0 Å². The first kappa shape index (κ1) is 17.9. The molecule has 1 aliphatic rings. The number of sulfonamides is 1. The maximum atomic E-state index is 12.5. The predicted molar refractivity (Wildman–Crippen MR) is 90.3 cm³/mol. The molecule has 2 rings (SSSR count). The van der Waals surface area contributed by atoms with Gasteiger partial charge in [-0.05, 0) is 29.7 Å². The van der Waals surface area contributed by atoms with Crippen molar-refractivity contribution >= 4 is 15.9 Å². The van der Waals surface area contributed by atoms with Crippen molar-refractivity contribution in [1.82, 2.24) is 9.21 Å². The summed E-state index contributed by atoms with van der Waals surface area (Å²) in [4.78, 5) is 14.6. The Balaban J connectivity index is 2.15. The molecule has 0 fully saturated rings. The summed E-state index contributed by atoms with van der Waals surface area (Å²) >= 11 is 0. The van der Waals surface area contributed by atoms with E-state index in [0.717, 1.165) is 30.4 Å². The molecule has 1 aromatic carbocycles. The van der Waals surface area contributed by atoms with Crippen LogP contribution in [0.4, 0.5) is 0 Å². The summed E-state index contributed by atoms with van der Waals surface area (Å²) in [7, 11) is -0.391. The van der Waals surface area contributed by atoms with Crippen molar-refractivity contribution in [2.45, 2.75) is 51.1 Å². The number of amides is 1. The third-order valence-corrected chi connectivity index (χ3v) is 6.21. The molecule has 1 unspecified atom stereocenters. The lowest BCUT2D eigenvalue weighted by Crippen LogP contribution is -2.30. The van der Waals surface area contributed by atoms with Gasteiger partial charge in [-0.25, -0.2) is 12.7 Å². The Bertz CT molecular complexity index is 683. The van der Waals surface area contributed by atoms with Gasteiger partial charge in [0.05, 0.1) is 4.90 Å². The van der Waals surface area contributed by atoms with Crippen LogP contribution >= 0.6 is 0 Å². The van der Waals surface area contributed by atoms with Crippen molar-refractivity contribution < 1.29 is 13.2 Å². The van der Waals surface area contributed by atoms with E-state index >= 15 is 0 Å². The molecule has 1 amide bonds. The lowest BCUT2D eigenvalue weighted by Gasteiger charge is -2.20. The number of fused-ring (bicyclic) bond motifs is 1. The Morgan fingerprint density at radius 3 is 2.52 bits per heavy atom. The van der Waals surface area contributed by atoms with Gasteiger partial charge < -0.3 is 4.90 Å². The second-order valence-electron chi connectivity index (χ2n) is 6.46. The summed E-state index contributed by atoms with van der Waals surface area (Å²) in [5.41, 5.74) is 1.97. The van der Waals surface area contributed by atoms with Crippen LogP contribution in [0.5, 0.6) is 0 Å². The quantitative estimate of drug-likeness (QED) is 0.801. The van der Waals surface area contributed by atoms with Gasteiger partial charge >= 0.3 is 0 Å². The van der Waals surface area contributed by atoms with Gasteiger partial charge in [0.25, 0.3) is 0 Å². The molecule has 0 spiro atoms. The molecule has 0 saturated carbocycles. The van der Waals surface area contributed by atoms with Crippen molar-refractivity contribution in [3.63, 3.8) is 0 Å². The maximum absolute atomic E-state index is 12.5. The predicted octanol–water partition coefficient (Wildman–Crippen LogP) is 2.61. The van der Waals surface area contributed by atoms with E-state index in [2.05, 4.69) is 6.92 Å². The summed E-state index contributed by atoms with van der Waals surface area (Å²) in [6.45, 7) is 5.17. The highest BCUT2D eigenvalue weighted by molar-refractivity contribution is 7.89. The third-order valence-electron chi connectivity index (χ3n) is 4.40. The molecule has 1 aliphatic heterocycles. The Hall–Kier alpha value is -1.40. The van der Waals surface area contributed by atoms with Crippen LogP contribution in [0.2, 0.25) is 0 Å². The number of rotatable bonds is 6. The number of hydrogen-bond acceptors (Lipinski definition) is 3. The highest BCUT2D eigenvalue weighted by Gasteiger charge is 2.28. The zero-order valence-corrected chi connectivity index (χ0v) is 15.2. The molecule has 0 bridgehead atoms. The SMILES string of the molecule is CCCCC(C)C(=O)N1Cc2ccc(S(=O)(=O)N(C)C)cc2C1. The second kappa shape index (κ2) is 7.01. The molecule has 1 atom stereocenters. The Labute approximate surface area is 139 Å². The minimum absolute atomic E-state index is 0.0224. The normalized spacial score (nSPS) is 15.8. The standard InChI is InChI=1S/C17H26N2O3S/c1-5-6-7-13(2)17(20)19-11-14-8-9-16(10-15(14)12-19)23(21,22)18(3)4/h8-10,13H,5-7,11-12H2,1-4H3. The highest BCUT2D eigenvalue weighted by Crippen LogP contribution is 2.28. The first-order valence-electron chi connectivity index (χ1n) is 8.10. The van der Waals surface area contributed by atoms with Crippen molar-refractivity contribution in [2.75, 3.05) is 14.1 Å². The van der Waals surface area contributed by atoms with Gasteiger partial charge in [0.1, 0.15) is 0 Å². The number of benzene rings is 1. The van der Waals surface area contributed by atoms with E-state index in [1.165, 1.54) is 18.4 Å². The minimum atomic E-state index is -3.43. The zero-order chi connectivity index (χ0) is 17.2. The van der Waals surface area contributed by atoms with Gasteiger partial charge in [0.2, 0.25) is 15.9 Å². The Morgan fingerprint density at radius 1 is 1.26 bits per heavy atom. The maximum Gasteiger partial charge on any atom is 0.242 e. The number of carbonyl (C=O) groups is 1. The van der Waals surface area contributed by atoms with E-state index in [4.69, 9.17) is 0 Å². The Kier molecular flexibility index (Phi) is 5.47. The molecule has 0 radical (unpaired) electrons. The lowest BCUT2D eigenvalue weighted by molar-refractivity contribution is -0.135. The fraction of sp³-hybridized carbons (Fsp3) is 0.588. The van der Waals surface area contributed by atoms with Gasteiger partial charge in [-0.2, -0.15) is 0 Å². The lowest BCUT2D eigenvalue weighted by atomic mass is 10.0. The highest BCUT2D eigenvalue weighted by atomic mass is 32.2. The first-order valence-corrected chi connectivity index (χ1v) is 9.54. The number of nitrogens with zero attached hydrogens (tertiary/aromatic N) is 2. The zero-order valence-electron chi connectivity index (χ0n) is 14.4. The monoisotopic (exact) mass is 338 g/mol. The largest absolute Gasteiger partial charge is 0.334 e. The van der Waals surface area contributed by atoms with E-state index in [1.54, 1.807) is 12.1 Å². The van der Waals surface area contributed by atoms with Gasteiger partial charge in [0.15, 0.2) is 0 Å². The van der Waals surface area contributed by atoms with E-state index in [9.17, 15) is 13.2 Å². The summed E-state index contributed by atoms with van der Waals surface area (Å²) in [6.07, 6.45) is 3.05. The van der Waals surface area contributed by atoms with E-state index in [1.807, 2.05) is 17.9 Å².